The van der Waals surface area contributed by atoms with Crippen molar-refractivity contribution in [2.75, 3.05) is 23.8 Å². The van der Waals surface area contributed by atoms with Gasteiger partial charge in [-0.2, -0.15) is 27.0 Å². The van der Waals surface area contributed by atoms with Crippen LogP contribution in [-0.4, -0.2) is 98.0 Å². The Hall–Kier alpha value is -8.86. The molecule has 424 valence electrons. The van der Waals surface area contributed by atoms with E-state index in [-0.39, 0.29) is 44.2 Å². The third kappa shape index (κ3) is 16.2. The van der Waals surface area contributed by atoms with Crippen LogP contribution in [0.2, 0.25) is 10.0 Å². The quantitative estimate of drug-likeness (QED) is 0.0559. The largest absolute Gasteiger partial charge is 0.394 e. The second kappa shape index (κ2) is 27.5. The van der Waals surface area contributed by atoms with Gasteiger partial charge < -0.3 is 30.0 Å². The molecule has 0 spiro atoms. The maximum Gasteiger partial charge on any atom is 0.294 e. The number of aliphatic hydroxyl groups is 2. The average Bonchev–Trinajstić information content (AvgIpc) is 4.16. The molecule has 0 aliphatic rings. The highest BCUT2D eigenvalue weighted by Crippen LogP contribution is 2.26. The van der Waals surface area contributed by atoms with Gasteiger partial charge in [-0.3, -0.25) is 28.1 Å². The Morgan fingerprint density at radius 3 is 1.20 bits per heavy atom. The number of pyridine rings is 2. The second-order valence-electron chi connectivity index (χ2n) is 17.1. The van der Waals surface area contributed by atoms with Crippen LogP contribution in [0.5, 0.6) is 0 Å². The van der Waals surface area contributed by atoms with E-state index in [0.717, 1.165) is 0 Å². The molecule has 4 aromatic carbocycles. The summed E-state index contributed by atoms with van der Waals surface area (Å²) < 4.78 is 92.1. The van der Waals surface area contributed by atoms with Crippen LogP contribution in [0.1, 0.15) is 23.2 Å². The van der Waals surface area contributed by atoms with Gasteiger partial charge in [0.15, 0.2) is 0 Å². The summed E-state index contributed by atoms with van der Waals surface area (Å²) in [5.41, 5.74) is 2.38. The van der Waals surface area contributed by atoms with Gasteiger partial charge in [0.1, 0.15) is 23.3 Å². The third-order valence-corrected chi connectivity index (χ3v) is 14.0. The van der Waals surface area contributed by atoms with Crippen LogP contribution in [0.4, 0.5) is 32.3 Å². The monoisotopic (exact) mass is 1200 g/mol. The van der Waals surface area contributed by atoms with Crippen LogP contribution in [0.25, 0.3) is 22.5 Å². The van der Waals surface area contributed by atoms with E-state index < -0.39 is 44.0 Å². The molecule has 0 saturated carbocycles. The first kappa shape index (κ1) is 60.8. The van der Waals surface area contributed by atoms with Crippen molar-refractivity contribution >= 4 is 67.0 Å². The van der Waals surface area contributed by atoms with Gasteiger partial charge in [0.25, 0.3) is 31.4 Å². The molecule has 2 atom stereocenters. The fourth-order valence-corrected chi connectivity index (χ4v) is 8.76. The number of hydrogen-bond donors (Lipinski definition) is 6. The number of aromatic nitrogens is 10. The maximum atomic E-state index is 13.8. The molecule has 0 radical (unpaired) electrons. The van der Waals surface area contributed by atoms with Crippen molar-refractivity contribution in [1.29, 1.82) is 0 Å². The van der Waals surface area contributed by atoms with Crippen LogP contribution >= 0.6 is 23.2 Å². The molecule has 10 rings (SSSR count). The number of nitrogens with zero attached hydrogens (tertiary/aromatic N) is 10. The van der Waals surface area contributed by atoms with E-state index in [1.807, 2.05) is 0 Å². The van der Waals surface area contributed by atoms with Gasteiger partial charge >= 0.3 is 0 Å². The highest BCUT2D eigenvalue weighted by molar-refractivity contribution is 7.86. The number of rotatable bonds is 14. The van der Waals surface area contributed by atoms with E-state index in [1.165, 1.54) is 69.8 Å². The molecule has 0 bridgehead atoms. The standard InChI is InChI=1S/2C21H18ClFN6O2.2C6H6O3S/c2*1-28-19(5-8-25-28)27-21-24-7-4-17(26-21)13-6-9-29(20(31)11-13)18(12-30)14-2-3-15(22)16(23)10-14;2*7-10(8,9)6-4-2-1-3-5-6/h2*2-11,18,30H,12H2,1H3,(H,24,26,27);2*1-5H,(H,7,8,9)/t2*18-;;/m11../s1. The molecule has 82 heavy (non-hydrogen) atoms. The highest BCUT2D eigenvalue weighted by atomic mass is 35.5. The topological polar surface area (TPSA) is 304 Å². The Kier molecular flexibility index (Phi) is 20.4. The van der Waals surface area contributed by atoms with Crippen LogP contribution in [-0.2, 0) is 34.3 Å². The molecule has 0 unspecified atom stereocenters. The number of anilines is 4. The van der Waals surface area contributed by atoms with Crippen molar-refractivity contribution in [1.82, 2.24) is 48.6 Å². The van der Waals surface area contributed by atoms with Crippen molar-refractivity contribution < 1.29 is 44.9 Å². The predicted molar refractivity (Wildman–Crippen MR) is 302 cm³/mol. The van der Waals surface area contributed by atoms with E-state index in [9.17, 15) is 45.4 Å². The van der Waals surface area contributed by atoms with Crippen LogP contribution < -0.4 is 21.8 Å². The zero-order chi connectivity index (χ0) is 59.1. The first-order chi connectivity index (χ1) is 39.1. The average molecular weight is 1200 g/mol. The molecule has 10 aromatic rings. The predicted octanol–water partition coefficient (Wildman–Crippen LogP) is 8.18. The second-order valence-corrected chi connectivity index (χ2v) is 20.8. The van der Waals surface area contributed by atoms with Gasteiger partial charge in [-0.15, -0.1) is 0 Å². The van der Waals surface area contributed by atoms with E-state index in [1.54, 1.807) is 146 Å². The Morgan fingerprint density at radius 2 is 0.902 bits per heavy atom. The lowest BCUT2D eigenvalue weighted by Gasteiger charge is -2.18. The Bertz CT molecular complexity index is 3900. The van der Waals surface area contributed by atoms with E-state index in [0.29, 0.717) is 57.2 Å². The number of hydrogen-bond acceptors (Lipinski definition) is 16. The number of halogens is 4. The first-order valence-electron chi connectivity index (χ1n) is 23.9. The highest BCUT2D eigenvalue weighted by Gasteiger charge is 2.19. The molecule has 0 amide bonds. The zero-order valence-corrected chi connectivity index (χ0v) is 46.1. The zero-order valence-electron chi connectivity index (χ0n) is 42.9. The lowest BCUT2D eigenvalue weighted by Crippen LogP contribution is -2.27. The van der Waals surface area contributed by atoms with E-state index in [4.69, 9.17) is 32.3 Å². The SMILES string of the molecule is Cn1nccc1Nc1nccc(-c2ccn([C@H](CO)c3ccc(Cl)c(F)c3)c(=O)c2)n1.Cn1nccc1Nc1nccc(-c2ccn([C@H](CO)c3ccc(Cl)c(F)c3)c(=O)c2)n1.O=S(=O)(O)c1ccccc1.O=S(=O)(O)c1ccccc1. The third-order valence-electron chi connectivity index (χ3n) is 11.7. The van der Waals surface area contributed by atoms with Crippen LogP contribution in [0.15, 0.2) is 202 Å². The molecule has 0 saturated heterocycles. The minimum Gasteiger partial charge on any atom is -0.394 e. The smallest absolute Gasteiger partial charge is 0.294 e. The fraction of sp³-hybridized carbons (Fsp3) is 0.111. The van der Waals surface area contributed by atoms with Gasteiger partial charge in [-0.25, -0.2) is 28.7 Å². The van der Waals surface area contributed by atoms with E-state index >= 15 is 0 Å². The Labute approximate surface area is 476 Å². The lowest BCUT2D eigenvalue weighted by atomic mass is 10.1. The molecule has 6 N–H and O–H groups in total. The summed E-state index contributed by atoms with van der Waals surface area (Å²) in [6.45, 7) is -0.765. The van der Waals surface area contributed by atoms with E-state index in [2.05, 4.69) is 40.8 Å². The van der Waals surface area contributed by atoms with Crippen molar-refractivity contribution in [3.05, 3.63) is 236 Å². The van der Waals surface area contributed by atoms with Crippen LogP contribution in [0.3, 0.4) is 0 Å². The number of aryl methyl sites for hydroxylation is 2. The normalized spacial score (nSPS) is 11.8. The minimum absolute atomic E-state index is 0.0255. The molecule has 28 heteroatoms. The molecule has 0 fully saturated rings. The summed E-state index contributed by atoms with van der Waals surface area (Å²) in [7, 11) is -4.43. The number of aliphatic hydroxyl groups excluding tert-OH is 2. The molecular weight excluding hydrogens is 1150 g/mol. The van der Waals surface area contributed by atoms with Gasteiger partial charge in [-0.05, 0) is 83.9 Å². The molecular formula is C54H48Cl2F2N12O10S2. The lowest BCUT2D eigenvalue weighted by molar-refractivity contribution is 0.246. The Balaban J connectivity index is 0.000000177. The van der Waals surface area contributed by atoms with Crippen molar-refractivity contribution in [2.24, 2.45) is 14.1 Å². The van der Waals surface area contributed by atoms with Gasteiger partial charge in [0.05, 0.1) is 68.9 Å². The molecule has 0 aliphatic carbocycles. The van der Waals surface area contributed by atoms with Crippen molar-refractivity contribution in [3.8, 4) is 22.5 Å². The molecule has 6 aromatic heterocycles. The molecule has 22 nitrogen and oxygen atoms in total. The molecule has 0 aliphatic heterocycles. The summed E-state index contributed by atoms with van der Waals surface area (Å²) in [6.07, 6.45) is 9.55. The summed E-state index contributed by atoms with van der Waals surface area (Å²) in [5, 5.41) is 33.9. The van der Waals surface area contributed by atoms with Gasteiger partial charge in [-0.1, -0.05) is 71.7 Å². The Morgan fingerprint density at radius 1 is 0.524 bits per heavy atom. The van der Waals surface area contributed by atoms with Gasteiger partial charge in [0, 0.05) is 74.3 Å². The number of benzene rings is 4. The van der Waals surface area contributed by atoms with Crippen LogP contribution in [0, 0.1) is 11.6 Å². The molecule has 6 heterocycles. The fourth-order valence-electron chi connectivity index (χ4n) is 7.53. The minimum atomic E-state index is -4.00. The summed E-state index contributed by atoms with van der Waals surface area (Å²) in [6, 6.07) is 34.9. The van der Waals surface area contributed by atoms with Crippen molar-refractivity contribution in [3.63, 3.8) is 0 Å². The first-order valence-corrected chi connectivity index (χ1v) is 27.5. The number of nitrogens with one attached hydrogen (secondary N) is 2. The summed E-state index contributed by atoms with van der Waals surface area (Å²) in [5.74, 6) is 0.917. The van der Waals surface area contributed by atoms with Gasteiger partial charge in [0.2, 0.25) is 11.9 Å². The summed E-state index contributed by atoms with van der Waals surface area (Å²) in [4.78, 5) is 42.7. The summed E-state index contributed by atoms with van der Waals surface area (Å²) >= 11 is 11.5. The van der Waals surface area contributed by atoms with Crippen molar-refractivity contribution in [2.45, 2.75) is 21.9 Å². The maximum absolute atomic E-state index is 13.8.